The van der Waals surface area contributed by atoms with Crippen molar-refractivity contribution < 1.29 is 22.7 Å². The summed E-state index contributed by atoms with van der Waals surface area (Å²) in [6.45, 7) is 0.675. The SMILES string of the molecule is COc1ccc(F)cc1-c1ccnc2[nH]c(C3CCN(CC(=O)N4CC(F)(F)C4)CC3)cc12. The molecular formula is C24H25F3N4O2. The monoisotopic (exact) mass is 458 g/mol. The lowest BCUT2D eigenvalue weighted by Crippen LogP contribution is -2.60. The van der Waals surface area contributed by atoms with E-state index in [0.29, 0.717) is 24.4 Å². The number of likely N-dealkylation sites (tertiary alicyclic amines) is 2. The van der Waals surface area contributed by atoms with Crippen LogP contribution in [0.25, 0.3) is 22.2 Å². The van der Waals surface area contributed by atoms with Crippen LogP contribution in [-0.4, -0.2) is 71.4 Å². The van der Waals surface area contributed by atoms with Crippen molar-refractivity contribution in [1.29, 1.82) is 0 Å². The number of pyridine rings is 1. The van der Waals surface area contributed by atoms with Crippen molar-refractivity contribution in [3.8, 4) is 16.9 Å². The number of hydrogen-bond donors (Lipinski definition) is 1. The van der Waals surface area contributed by atoms with Crippen LogP contribution in [0.1, 0.15) is 24.5 Å². The van der Waals surface area contributed by atoms with Crippen LogP contribution in [0, 0.1) is 5.82 Å². The van der Waals surface area contributed by atoms with Crippen LogP contribution in [-0.2, 0) is 4.79 Å². The average Bonchev–Trinajstić information content (AvgIpc) is 3.22. The first-order valence-electron chi connectivity index (χ1n) is 11.0. The molecule has 2 fully saturated rings. The van der Waals surface area contributed by atoms with E-state index < -0.39 is 19.0 Å². The summed E-state index contributed by atoms with van der Waals surface area (Å²) in [6, 6.07) is 8.36. The Kier molecular flexibility index (Phi) is 5.52. The number of nitrogens with one attached hydrogen (secondary N) is 1. The highest BCUT2D eigenvalue weighted by Crippen LogP contribution is 2.37. The fourth-order valence-corrected chi connectivity index (χ4v) is 4.77. The molecule has 33 heavy (non-hydrogen) atoms. The Morgan fingerprint density at radius 1 is 1.18 bits per heavy atom. The Bertz CT molecular complexity index is 1180. The van der Waals surface area contributed by atoms with E-state index in [1.54, 1.807) is 19.4 Å². The van der Waals surface area contributed by atoms with Crippen LogP contribution >= 0.6 is 0 Å². The fraction of sp³-hybridized carbons (Fsp3) is 0.417. The van der Waals surface area contributed by atoms with Gasteiger partial charge in [0.2, 0.25) is 5.91 Å². The number of methoxy groups -OCH3 is 1. The smallest absolute Gasteiger partial charge is 0.282 e. The van der Waals surface area contributed by atoms with E-state index >= 15 is 0 Å². The minimum Gasteiger partial charge on any atom is -0.496 e. The maximum absolute atomic E-state index is 14.0. The molecule has 0 atom stereocenters. The Morgan fingerprint density at radius 2 is 1.94 bits per heavy atom. The number of hydrogen-bond acceptors (Lipinski definition) is 4. The molecule has 0 spiro atoms. The molecule has 1 aromatic carbocycles. The zero-order valence-electron chi connectivity index (χ0n) is 18.3. The van der Waals surface area contributed by atoms with Crippen molar-refractivity contribution in [1.82, 2.24) is 19.8 Å². The van der Waals surface area contributed by atoms with Gasteiger partial charge in [0.05, 0.1) is 26.7 Å². The molecule has 1 amide bonds. The molecule has 5 rings (SSSR count). The second-order valence-electron chi connectivity index (χ2n) is 8.85. The zero-order valence-corrected chi connectivity index (χ0v) is 18.3. The second kappa shape index (κ2) is 8.37. The molecule has 2 aromatic heterocycles. The molecule has 0 bridgehead atoms. The molecule has 3 aromatic rings. The molecule has 1 N–H and O–H groups in total. The van der Waals surface area contributed by atoms with Gasteiger partial charge in [-0.25, -0.2) is 18.2 Å². The third-order valence-electron chi connectivity index (χ3n) is 6.59. The van der Waals surface area contributed by atoms with E-state index in [4.69, 9.17) is 4.74 Å². The number of ether oxygens (including phenoxy) is 1. The third-order valence-corrected chi connectivity index (χ3v) is 6.59. The number of fused-ring (bicyclic) bond motifs is 1. The molecule has 0 unspecified atom stereocenters. The first-order valence-corrected chi connectivity index (χ1v) is 11.0. The summed E-state index contributed by atoms with van der Waals surface area (Å²) in [4.78, 5) is 23.3. The highest BCUT2D eigenvalue weighted by Gasteiger charge is 2.46. The minimum absolute atomic E-state index is 0.181. The number of halogens is 3. The van der Waals surface area contributed by atoms with Gasteiger partial charge >= 0.3 is 0 Å². The van der Waals surface area contributed by atoms with Crippen molar-refractivity contribution in [3.05, 3.63) is 48.0 Å². The molecule has 2 aliphatic rings. The predicted molar refractivity (Wildman–Crippen MR) is 118 cm³/mol. The molecule has 6 nitrogen and oxygen atoms in total. The van der Waals surface area contributed by atoms with E-state index in [2.05, 4.69) is 16.0 Å². The largest absolute Gasteiger partial charge is 0.496 e. The number of aromatic amines is 1. The number of H-pyrrole nitrogens is 1. The number of carbonyl (C=O) groups excluding carboxylic acids is 1. The van der Waals surface area contributed by atoms with E-state index in [-0.39, 0.29) is 24.2 Å². The molecule has 0 aliphatic carbocycles. The summed E-state index contributed by atoms with van der Waals surface area (Å²) in [5, 5.41) is 0.896. The normalized spacial score (nSPS) is 19.0. The molecule has 2 aliphatic heterocycles. The Labute approximate surface area is 189 Å². The van der Waals surface area contributed by atoms with Gasteiger partial charge in [-0.15, -0.1) is 0 Å². The van der Waals surface area contributed by atoms with Crippen molar-refractivity contribution >= 4 is 16.9 Å². The second-order valence-corrected chi connectivity index (χ2v) is 8.85. The Balaban J connectivity index is 1.30. The van der Waals surface area contributed by atoms with Gasteiger partial charge in [-0.05, 0) is 61.8 Å². The van der Waals surface area contributed by atoms with Crippen molar-refractivity contribution in [2.45, 2.75) is 24.7 Å². The van der Waals surface area contributed by atoms with E-state index in [1.807, 2.05) is 11.0 Å². The van der Waals surface area contributed by atoms with Gasteiger partial charge < -0.3 is 14.6 Å². The quantitative estimate of drug-likeness (QED) is 0.627. The lowest BCUT2D eigenvalue weighted by molar-refractivity contribution is -0.166. The van der Waals surface area contributed by atoms with Crippen LogP contribution in [0.4, 0.5) is 13.2 Å². The number of piperidine rings is 1. The molecule has 0 radical (unpaired) electrons. The summed E-state index contributed by atoms with van der Waals surface area (Å²) < 4.78 is 45.4. The molecule has 4 heterocycles. The summed E-state index contributed by atoms with van der Waals surface area (Å²) in [6.07, 6.45) is 3.37. The number of aromatic nitrogens is 2. The topological polar surface area (TPSA) is 61.5 Å². The van der Waals surface area contributed by atoms with Gasteiger partial charge in [-0.2, -0.15) is 0 Å². The first kappa shape index (κ1) is 21.8. The zero-order chi connectivity index (χ0) is 23.2. The molecule has 9 heteroatoms. The van der Waals surface area contributed by atoms with Gasteiger partial charge in [0.25, 0.3) is 5.92 Å². The van der Waals surface area contributed by atoms with Crippen LogP contribution in [0.15, 0.2) is 36.5 Å². The summed E-state index contributed by atoms with van der Waals surface area (Å²) in [5.74, 6) is -2.45. The lowest BCUT2D eigenvalue weighted by atomic mass is 9.93. The van der Waals surface area contributed by atoms with E-state index in [0.717, 1.165) is 35.1 Å². The summed E-state index contributed by atoms with van der Waals surface area (Å²) in [7, 11) is 1.56. The van der Waals surface area contributed by atoms with Crippen LogP contribution in [0.3, 0.4) is 0 Å². The maximum atomic E-state index is 14.0. The number of nitrogens with zero attached hydrogens (tertiary/aromatic N) is 3. The van der Waals surface area contributed by atoms with Gasteiger partial charge in [0.1, 0.15) is 17.2 Å². The Morgan fingerprint density at radius 3 is 2.64 bits per heavy atom. The number of amides is 1. The molecule has 2 saturated heterocycles. The van der Waals surface area contributed by atoms with Crippen molar-refractivity contribution in [3.63, 3.8) is 0 Å². The van der Waals surface area contributed by atoms with Gasteiger partial charge in [0, 0.05) is 28.8 Å². The van der Waals surface area contributed by atoms with Crippen molar-refractivity contribution in [2.24, 2.45) is 0 Å². The molecule has 174 valence electrons. The van der Waals surface area contributed by atoms with Crippen LogP contribution in [0.2, 0.25) is 0 Å². The highest BCUT2D eigenvalue weighted by atomic mass is 19.3. The Hall–Kier alpha value is -3.07. The van der Waals surface area contributed by atoms with E-state index in [1.165, 1.54) is 17.0 Å². The van der Waals surface area contributed by atoms with Crippen LogP contribution in [0.5, 0.6) is 5.75 Å². The number of alkyl halides is 2. The number of carbonyl (C=O) groups is 1. The van der Waals surface area contributed by atoms with E-state index in [9.17, 15) is 18.0 Å². The molecular weight excluding hydrogens is 433 g/mol. The predicted octanol–water partition coefficient (Wildman–Crippen LogP) is 4.03. The third kappa shape index (κ3) is 4.29. The maximum Gasteiger partial charge on any atom is 0.282 e. The number of benzene rings is 1. The standard InChI is InChI=1S/C24H25F3N4O2/c1-33-21-3-2-16(25)10-18(21)17-4-7-28-23-19(17)11-20(29-23)15-5-8-30(9-6-15)12-22(32)31-13-24(26,27)14-31/h2-4,7,10-11,15H,5-6,8-9,12-14H2,1H3,(H,28,29). The molecule has 0 saturated carbocycles. The van der Waals surface area contributed by atoms with Gasteiger partial charge in [0.15, 0.2) is 0 Å². The minimum atomic E-state index is -2.74. The number of rotatable bonds is 5. The lowest BCUT2D eigenvalue weighted by Gasteiger charge is -2.40. The van der Waals surface area contributed by atoms with Crippen molar-refractivity contribution in [2.75, 3.05) is 39.8 Å². The summed E-state index contributed by atoms with van der Waals surface area (Å²) in [5.41, 5.74) is 3.28. The summed E-state index contributed by atoms with van der Waals surface area (Å²) >= 11 is 0. The van der Waals surface area contributed by atoms with Crippen LogP contribution < -0.4 is 4.74 Å². The fourth-order valence-electron chi connectivity index (χ4n) is 4.77. The average molecular weight is 458 g/mol. The highest BCUT2D eigenvalue weighted by molar-refractivity contribution is 5.95. The van der Waals surface area contributed by atoms with Gasteiger partial charge in [-0.1, -0.05) is 0 Å². The van der Waals surface area contributed by atoms with Gasteiger partial charge in [-0.3, -0.25) is 9.69 Å². The first-order chi connectivity index (χ1) is 15.8.